The van der Waals surface area contributed by atoms with Crippen LogP contribution in [0.2, 0.25) is 0 Å². The zero-order chi connectivity index (χ0) is 21.7. The van der Waals surface area contributed by atoms with Crippen molar-refractivity contribution in [1.29, 1.82) is 0 Å². The topological polar surface area (TPSA) is 103 Å². The Kier molecular flexibility index (Phi) is 7.43. The van der Waals surface area contributed by atoms with Crippen molar-refractivity contribution in [3.05, 3.63) is 75.3 Å². The second kappa shape index (κ2) is 10.0. The molecule has 3 N–H and O–H groups in total. The van der Waals surface area contributed by atoms with Crippen molar-refractivity contribution >= 4 is 22.4 Å². The molecule has 0 bridgehead atoms. The molecule has 0 amide bonds. The first-order valence-electron chi connectivity index (χ1n) is 8.98. The fourth-order valence-corrected chi connectivity index (χ4v) is 4.30. The van der Waals surface area contributed by atoms with Gasteiger partial charge in [0, 0.05) is 28.4 Å². The molecule has 0 radical (unpaired) electrons. The molecule has 1 atom stereocenters. The first kappa shape index (κ1) is 22.2. The lowest BCUT2D eigenvalue weighted by molar-refractivity contribution is 0.400. The maximum Gasteiger partial charge on any atom is 0.346 e. The molecular formula is C19H20F2N4O3S2. The highest BCUT2D eigenvalue weighted by atomic mass is 32.2. The molecule has 0 saturated carbocycles. The normalized spacial score (nSPS) is 12.1. The van der Waals surface area contributed by atoms with Gasteiger partial charge < -0.3 is 10.3 Å². The van der Waals surface area contributed by atoms with Gasteiger partial charge in [0.25, 0.3) is 6.08 Å². The summed E-state index contributed by atoms with van der Waals surface area (Å²) in [7, 11) is 0. The smallest absolute Gasteiger partial charge is 0.327 e. The van der Waals surface area contributed by atoms with E-state index in [1.807, 2.05) is 36.4 Å². The Hall–Kier alpha value is -2.47. The minimum atomic E-state index is -1.89. The van der Waals surface area contributed by atoms with E-state index in [-0.39, 0.29) is 24.4 Å². The fraction of sp³-hybridized carbons (Fsp3) is 0.263. The average molecular weight is 455 g/mol. The van der Waals surface area contributed by atoms with Crippen molar-refractivity contribution in [3.63, 3.8) is 0 Å². The Morgan fingerprint density at radius 3 is 2.57 bits per heavy atom. The van der Waals surface area contributed by atoms with Crippen LogP contribution in [0.25, 0.3) is 10.4 Å². The highest BCUT2D eigenvalue weighted by molar-refractivity contribution is 7.78. The third kappa shape index (κ3) is 5.57. The molecule has 0 spiro atoms. The van der Waals surface area contributed by atoms with E-state index in [9.17, 15) is 17.8 Å². The van der Waals surface area contributed by atoms with Crippen LogP contribution in [0.3, 0.4) is 0 Å². The SMILES string of the molecule is NCC(Cn1ncn(CCc2ccc(-c3ccc(CS(=O)O)cc3)s2)c1=O)=C(F)F. The molecule has 0 aliphatic carbocycles. The first-order chi connectivity index (χ1) is 14.4. The van der Waals surface area contributed by atoms with E-state index in [0.717, 1.165) is 25.6 Å². The predicted octanol–water partition coefficient (Wildman–Crippen LogP) is 2.85. The van der Waals surface area contributed by atoms with Gasteiger partial charge in [-0.25, -0.2) is 13.7 Å². The number of nitrogens with two attached hydrogens (primary N) is 1. The van der Waals surface area contributed by atoms with Gasteiger partial charge in [0.15, 0.2) is 11.1 Å². The molecule has 30 heavy (non-hydrogen) atoms. The molecule has 7 nitrogen and oxygen atoms in total. The zero-order valence-electron chi connectivity index (χ0n) is 15.8. The molecular weight excluding hydrogens is 434 g/mol. The molecule has 0 saturated heterocycles. The standard InChI is InChI=1S/C19H20F2N4O3S2/c20-18(21)15(9-22)10-25-19(26)24(12-23-25)8-7-16-5-6-17(29-16)14-3-1-13(2-4-14)11-30(27)28/h1-6,12H,7-11,22H2,(H,27,28). The van der Waals surface area contributed by atoms with Crippen molar-refractivity contribution in [1.82, 2.24) is 14.3 Å². The van der Waals surface area contributed by atoms with Crippen molar-refractivity contribution < 1.29 is 17.5 Å². The van der Waals surface area contributed by atoms with Crippen molar-refractivity contribution in [2.24, 2.45) is 5.73 Å². The highest BCUT2D eigenvalue weighted by Gasteiger charge is 2.11. The highest BCUT2D eigenvalue weighted by Crippen LogP contribution is 2.29. The number of hydrogen-bond acceptors (Lipinski definition) is 5. The minimum Gasteiger partial charge on any atom is -0.327 e. The van der Waals surface area contributed by atoms with Crippen LogP contribution in [0.4, 0.5) is 8.78 Å². The van der Waals surface area contributed by atoms with Crippen LogP contribution >= 0.6 is 11.3 Å². The summed E-state index contributed by atoms with van der Waals surface area (Å²) in [6.07, 6.45) is 0.0440. The first-order valence-corrected chi connectivity index (χ1v) is 11.1. The third-order valence-electron chi connectivity index (χ3n) is 4.44. The minimum absolute atomic E-state index is 0.0962. The summed E-state index contributed by atoms with van der Waals surface area (Å²) >= 11 is -0.289. The van der Waals surface area contributed by atoms with Crippen LogP contribution in [0.1, 0.15) is 10.4 Å². The molecule has 3 rings (SSSR count). The summed E-state index contributed by atoms with van der Waals surface area (Å²) in [6, 6.07) is 11.4. The van der Waals surface area contributed by atoms with E-state index in [1.54, 1.807) is 11.3 Å². The maximum atomic E-state index is 12.7. The average Bonchev–Trinajstić information content (AvgIpc) is 3.31. The van der Waals surface area contributed by atoms with Gasteiger partial charge in [-0.1, -0.05) is 24.3 Å². The number of nitrogens with zero attached hydrogens (tertiary/aromatic N) is 3. The lowest BCUT2D eigenvalue weighted by atomic mass is 10.1. The lowest BCUT2D eigenvalue weighted by Crippen LogP contribution is -2.27. The van der Waals surface area contributed by atoms with Gasteiger partial charge in [-0.15, -0.1) is 11.3 Å². The fourth-order valence-electron chi connectivity index (χ4n) is 2.82. The Labute approximate surface area is 177 Å². The second-order valence-electron chi connectivity index (χ2n) is 6.51. The van der Waals surface area contributed by atoms with Crippen LogP contribution in [0, 0.1) is 0 Å². The van der Waals surface area contributed by atoms with E-state index in [1.165, 1.54) is 10.9 Å². The monoisotopic (exact) mass is 454 g/mol. The molecule has 3 aromatic rings. The van der Waals surface area contributed by atoms with Crippen molar-refractivity contribution in [2.45, 2.75) is 25.3 Å². The van der Waals surface area contributed by atoms with Crippen LogP contribution in [0.5, 0.6) is 0 Å². The maximum absolute atomic E-state index is 12.7. The Morgan fingerprint density at radius 2 is 1.93 bits per heavy atom. The number of hydrogen-bond donors (Lipinski definition) is 2. The Bertz CT molecular complexity index is 1120. The zero-order valence-corrected chi connectivity index (χ0v) is 17.5. The molecule has 0 aliphatic heterocycles. The summed E-state index contributed by atoms with van der Waals surface area (Å²) in [5.74, 6) is 0.0962. The van der Waals surface area contributed by atoms with E-state index in [0.29, 0.717) is 13.0 Å². The number of aromatic nitrogens is 3. The number of thiophene rings is 1. The van der Waals surface area contributed by atoms with Crippen LogP contribution in [0.15, 0.2) is 59.2 Å². The molecule has 160 valence electrons. The Balaban J connectivity index is 1.64. The summed E-state index contributed by atoms with van der Waals surface area (Å²) in [5, 5.41) is 3.89. The van der Waals surface area contributed by atoms with Gasteiger partial charge in [0.05, 0.1) is 12.3 Å². The quantitative estimate of drug-likeness (QED) is 0.484. The van der Waals surface area contributed by atoms with Gasteiger partial charge in [0.2, 0.25) is 0 Å². The summed E-state index contributed by atoms with van der Waals surface area (Å²) in [5.41, 5.74) is 6.28. The number of halogens is 2. The van der Waals surface area contributed by atoms with Gasteiger partial charge >= 0.3 is 5.69 Å². The summed E-state index contributed by atoms with van der Waals surface area (Å²) < 4.78 is 47.7. The van der Waals surface area contributed by atoms with E-state index in [2.05, 4.69) is 5.10 Å². The lowest BCUT2D eigenvalue weighted by Gasteiger charge is -2.02. The van der Waals surface area contributed by atoms with Crippen molar-refractivity contribution in [2.75, 3.05) is 6.54 Å². The summed E-state index contributed by atoms with van der Waals surface area (Å²) in [4.78, 5) is 14.4. The number of rotatable bonds is 9. The largest absolute Gasteiger partial charge is 0.346 e. The van der Waals surface area contributed by atoms with Crippen molar-refractivity contribution in [3.8, 4) is 10.4 Å². The molecule has 1 unspecified atom stereocenters. The van der Waals surface area contributed by atoms with E-state index >= 15 is 0 Å². The predicted molar refractivity (Wildman–Crippen MR) is 113 cm³/mol. The number of aryl methyl sites for hydroxylation is 2. The summed E-state index contributed by atoms with van der Waals surface area (Å²) in [6.45, 7) is -0.286. The molecule has 0 aliphatic rings. The molecule has 2 heterocycles. The molecule has 0 fully saturated rings. The van der Waals surface area contributed by atoms with Gasteiger partial charge in [-0.05, 0) is 29.7 Å². The Morgan fingerprint density at radius 1 is 1.20 bits per heavy atom. The van der Waals surface area contributed by atoms with Crippen LogP contribution < -0.4 is 11.4 Å². The van der Waals surface area contributed by atoms with Crippen LogP contribution in [-0.2, 0) is 36.3 Å². The van der Waals surface area contributed by atoms with Gasteiger partial charge in [-0.2, -0.15) is 13.9 Å². The molecule has 2 aromatic heterocycles. The second-order valence-corrected chi connectivity index (χ2v) is 8.61. The van der Waals surface area contributed by atoms with E-state index < -0.39 is 22.9 Å². The van der Waals surface area contributed by atoms with Gasteiger partial charge in [0.1, 0.15) is 6.33 Å². The molecule has 11 heteroatoms. The van der Waals surface area contributed by atoms with Crippen LogP contribution in [-0.4, -0.2) is 29.7 Å². The number of benzene rings is 1. The van der Waals surface area contributed by atoms with E-state index in [4.69, 9.17) is 10.3 Å². The molecule has 1 aromatic carbocycles. The van der Waals surface area contributed by atoms with Gasteiger partial charge in [-0.3, -0.25) is 4.57 Å². The third-order valence-corrected chi connectivity index (χ3v) is 6.21.